The zero-order valence-electron chi connectivity index (χ0n) is 12.1. The summed E-state index contributed by atoms with van der Waals surface area (Å²) in [6, 6.07) is 9.14. The lowest BCUT2D eigenvalue weighted by Crippen LogP contribution is -2.36. The van der Waals surface area contributed by atoms with E-state index in [1.54, 1.807) is 0 Å². The molecule has 1 aliphatic heterocycles. The maximum atomic E-state index is 12.6. The van der Waals surface area contributed by atoms with Crippen molar-refractivity contribution in [3.8, 4) is 0 Å². The average Bonchev–Trinajstić information content (AvgIpc) is 3.20. The first-order chi connectivity index (χ1) is 10.6. The van der Waals surface area contributed by atoms with Crippen LogP contribution in [0.1, 0.15) is 30.9 Å². The largest absolute Gasteiger partial charge is 0.388 e. The van der Waals surface area contributed by atoms with Crippen molar-refractivity contribution in [1.82, 2.24) is 14.3 Å². The molecule has 1 aliphatic rings. The van der Waals surface area contributed by atoms with Gasteiger partial charge in [-0.15, -0.1) is 0 Å². The van der Waals surface area contributed by atoms with Gasteiger partial charge in [-0.05, 0) is 24.8 Å². The van der Waals surface area contributed by atoms with Crippen LogP contribution in [0.2, 0.25) is 0 Å². The van der Waals surface area contributed by atoms with Gasteiger partial charge in [0.25, 0.3) is 10.0 Å². The van der Waals surface area contributed by atoms with E-state index in [4.69, 9.17) is 0 Å². The van der Waals surface area contributed by atoms with Gasteiger partial charge in [0, 0.05) is 12.6 Å². The van der Waals surface area contributed by atoms with Crippen molar-refractivity contribution in [3.05, 3.63) is 48.4 Å². The van der Waals surface area contributed by atoms with Crippen LogP contribution in [0.4, 0.5) is 0 Å². The van der Waals surface area contributed by atoms with Gasteiger partial charge in [0.05, 0.1) is 18.6 Å². The van der Waals surface area contributed by atoms with Gasteiger partial charge in [0.15, 0.2) is 5.03 Å². The van der Waals surface area contributed by atoms with E-state index in [9.17, 15) is 13.5 Å². The Balaban J connectivity index is 1.77. The quantitative estimate of drug-likeness (QED) is 0.877. The predicted octanol–water partition coefficient (Wildman–Crippen LogP) is 1.69. The normalized spacial score (nSPS) is 21.0. The highest BCUT2D eigenvalue weighted by atomic mass is 32.2. The summed E-state index contributed by atoms with van der Waals surface area (Å²) in [4.78, 5) is 6.44. The van der Waals surface area contributed by atoms with E-state index in [-0.39, 0.29) is 11.1 Å². The van der Waals surface area contributed by atoms with Crippen molar-refractivity contribution >= 4 is 10.0 Å². The van der Waals surface area contributed by atoms with Gasteiger partial charge >= 0.3 is 0 Å². The fourth-order valence-corrected chi connectivity index (χ4v) is 4.54. The molecule has 0 aliphatic carbocycles. The molecule has 118 valence electrons. The number of hydrogen-bond donors (Lipinski definition) is 2. The number of aliphatic hydroxyl groups excluding tert-OH is 1. The summed E-state index contributed by atoms with van der Waals surface area (Å²) in [6.07, 6.45) is 3.98. The van der Waals surface area contributed by atoms with E-state index in [0.717, 1.165) is 18.4 Å². The molecule has 1 aromatic heterocycles. The molecule has 22 heavy (non-hydrogen) atoms. The van der Waals surface area contributed by atoms with Crippen LogP contribution in [0.15, 0.2) is 47.9 Å². The van der Waals surface area contributed by atoms with E-state index in [1.165, 1.54) is 16.8 Å². The summed E-state index contributed by atoms with van der Waals surface area (Å²) >= 11 is 0. The first kappa shape index (κ1) is 15.2. The Morgan fingerprint density at radius 2 is 2.14 bits per heavy atom. The SMILES string of the molecule is O=S(=O)(c1cnc[nH]1)N1CCCC1CC(O)c1ccccc1. The average molecular weight is 321 g/mol. The van der Waals surface area contributed by atoms with Gasteiger partial charge in [-0.3, -0.25) is 0 Å². The molecule has 0 spiro atoms. The fraction of sp³-hybridized carbons (Fsp3) is 0.400. The molecule has 1 fully saturated rings. The molecule has 2 heterocycles. The van der Waals surface area contributed by atoms with E-state index >= 15 is 0 Å². The minimum atomic E-state index is -3.57. The van der Waals surface area contributed by atoms with Crippen molar-refractivity contribution in [2.24, 2.45) is 0 Å². The molecule has 2 N–H and O–H groups in total. The zero-order valence-corrected chi connectivity index (χ0v) is 12.9. The van der Waals surface area contributed by atoms with E-state index in [1.807, 2.05) is 30.3 Å². The van der Waals surface area contributed by atoms with Crippen LogP contribution in [-0.2, 0) is 10.0 Å². The van der Waals surface area contributed by atoms with Gasteiger partial charge in [-0.2, -0.15) is 4.31 Å². The number of aliphatic hydroxyl groups is 1. The highest BCUT2D eigenvalue weighted by molar-refractivity contribution is 7.89. The molecule has 2 aromatic rings. The van der Waals surface area contributed by atoms with Crippen LogP contribution < -0.4 is 0 Å². The molecule has 2 atom stereocenters. The Kier molecular flexibility index (Phi) is 4.28. The third-order valence-corrected chi connectivity index (χ3v) is 5.94. The standard InChI is InChI=1S/C15H19N3O3S/c19-14(12-5-2-1-3-6-12)9-13-7-4-8-18(13)22(20,21)15-10-16-11-17-15/h1-3,5-6,10-11,13-14,19H,4,7-9H2,(H,16,17). The number of aromatic amines is 1. The number of benzene rings is 1. The van der Waals surface area contributed by atoms with Crippen LogP contribution in [-0.4, -0.2) is 40.4 Å². The Morgan fingerprint density at radius 1 is 1.36 bits per heavy atom. The molecule has 0 radical (unpaired) electrons. The van der Waals surface area contributed by atoms with Crippen LogP contribution >= 0.6 is 0 Å². The number of nitrogens with zero attached hydrogens (tertiary/aromatic N) is 2. The molecular weight excluding hydrogens is 302 g/mol. The van der Waals surface area contributed by atoms with E-state index < -0.39 is 16.1 Å². The van der Waals surface area contributed by atoms with Gasteiger partial charge < -0.3 is 10.1 Å². The minimum absolute atomic E-state index is 0.105. The van der Waals surface area contributed by atoms with Crippen LogP contribution in [0.3, 0.4) is 0 Å². The highest BCUT2D eigenvalue weighted by Gasteiger charge is 2.37. The Labute approximate surface area is 129 Å². The Morgan fingerprint density at radius 3 is 2.82 bits per heavy atom. The smallest absolute Gasteiger partial charge is 0.260 e. The number of hydrogen-bond acceptors (Lipinski definition) is 4. The zero-order chi connectivity index (χ0) is 15.6. The summed E-state index contributed by atoms with van der Waals surface area (Å²) in [5.41, 5.74) is 0.813. The van der Waals surface area contributed by atoms with Gasteiger partial charge in [-0.1, -0.05) is 30.3 Å². The molecular formula is C15H19N3O3S. The number of imidazole rings is 1. The molecule has 0 bridgehead atoms. The number of H-pyrrole nitrogens is 1. The molecule has 7 heteroatoms. The number of sulfonamides is 1. The third kappa shape index (κ3) is 2.92. The Hall–Kier alpha value is -1.70. The van der Waals surface area contributed by atoms with Crippen molar-refractivity contribution < 1.29 is 13.5 Å². The second kappa shape index (κ2) is 6.20. The van der Waals surface area contributed by atoms with Gasteiger partial charge in [-0.25, -0.2) is 13.4 Å². The highest BCUT2D eigenvalue weighted by Crippen LogP contribution is 2.31. The van der Waals surface area contributed by atoms with Crippen molar-refractivity contribution in [1.29, 1.82) is 0 Å². The van der Waals surface area contributed by atoms with Crippen LogP contribution in [0, 0.1) is 0 Å². The van der Waals surface area contributed by atoms with Crippen LogP contribution in [0.25, 0.3) is 0 Å². The number of rotatable bonds is 5. The van der Waals surface area contributed by atoms with Crippen LogP contribution in [0.5, 0.6) is 0 Å². The van der Waals surface area contributed by atoms with E-state index in [2.05, 4.69) is 9.97 Å². The second-order valence-electron chi connectivity index (χ2n) is 5.49. The molecule has 1 saturated heterocycles. The minimum Gasteiger partial charge on any atom is -0.388 e. The number of nitrogens with one attached hydrogen (secondary N) is 1. The third-order valence-electron chi connectivity index (χ3n) is 4.06. The summed E-state index contributed by atoms with van der Waals surface area (Å²) in [5, 5.41) is 10.5. The van der Waals surface area contributed by atoms with Crippen molar-refractivity contribution in [2.45, 2.75) is 36.4 Å². The fourth-order valence-electron chi connectivity index (χ4n) is 2.94. The van der Waals surface area contributed by atoms with E-state index in [0.29, 0.717) is 13.0 Å². The lowest BCUT2D eigenvalue weighted by Gasteiger charge is -2.25. The lowest BCUT2D eigenvalue weighted by molar-refractivity contribution is 0.142. The van der Waals surface area contributed by atoms with Gasteiger partial charge in [0.1, 0.15) is 0 Å². The molecule has 6 nitrogen and oxygen atoms in total. The first-order valence-corrected chi connectivity index (χ1v) is 8.76. The molecule has 3 rings (SSSR count). The van der Waals surface area contributed by atoms with Crippen molar-refractivity contribution in [2.75, 3.05) is 6.54 Å². The van der Waals surface area contributed by atoms with Crippen molar-refractivity contribution in [3.63, 3.8) is 0 Å². The Bertz CT molecular complexity index is 701. The first-order valence-electron chi connectivity index (χ1n) is 7.32. The lowest BCUT2D eigenvalue weighted by atomic mass is 10.0. The molecule has 0 amide bonds. The van der Waals surface area contributed by atoms with Gasteiger partial charge in [0.2, 0.25) is 0 Å². The summed E-state index contributed by atoms with van der Waals surface area (Å²) < 4.78 is 26.7. The molecule has 0 saturated carbocycles. The number of aromatic nitrogens is 2. The summed E-state index contributed by atoms with van der Waals surface area (Å²) in [5.74, 6) is 0. The summed E-state index contributed by atoms with van der Waals surface area (Å²) in [7, 11) is -3.57. The topological polar surface area (TPSA) is 86.3 Å². The monoisotopic (exact) mass is 321 g/mol. The maximum Gasteiger partial charge on any atom is 0.260 e. The molecule has 1 aromatic carbocycles. The summed E-state index contributed by atoms with van der Waals surface area (Å²) in [6.45, 7) is 0.480. The maximum absolute atomic E-state index is 12.6. The predicted molar refractivity (Wildman–Crippen MR) is 81.5 cm³/mol. The second-order valence-corrected chi connectivity index (χ2v) is 7.35. The molecule has 2 unspecified atom stereocenters.